The number of allylic oxidation sites excluding steroid dienone is 2. The Morgan fingerprint density at radius 2 is 1.89 bits per heavy atom. The molecule has 0 saturated heterocycles. The Morgan fingerprint density at radius 1 is 1.05 bits per heavy atom. The largest absolute Gasteiger partial charge is 0.337 e. The van der Waals surface area contributed by atoms with Crippen LogP contribution in [0.5, 0.6) is 0 Å². The number of halogens is 1. The SMILES string of the molecule is C\C=C(/C=N/C=C(\C)c1ccc2[nH]nc(-c3nc4c(-c5ccccc5F)cccc4[nH]3)c2c1)CNCC. The average molecular weight is 493 g/mol. The maximum atomic E-state index is 14.5. The van der Waals surface area contributed by atoms with Crippen LogP contribution in [0.25, 0.3) is 50.2 Å². The van der Waals surface area contributed by atoms with E-state index in [1.165, 1.54) is 6.07 Å². The van der Waals surface area contributed by atoms with Gasteiger partial charge in [0.1, 0.15) is 11.5 Å². The van der Waals surface area contributed by atoms with Crippen LogP contribution in [0.1, 0.15) is 26.3 Å². The topological polar surface area (TPSA) is 81.8 Å². The van der Waals surface area contributed by atoms with Gasteiger partial charge in [0, 0.05) is 35.5 Å². The molecule has 7 heteroatoms. The van der Waals surface area contributed by atoms with Gasteiger partial charge in [0.05, 0.1) is 16.6 Å². The number of H-pyrrole nitrogens is 2. The first-order valence-electron chi connectivity index (χ1n) is 12.4. The quantitative estimate of drug-likeness (QED) is 0.206. The van der Waals surface area contributed by atoms with E-state index in [2.05, 4.69) is 50.6 Å². The highest BCUT2D eigenvalue weighted by Crippen LogP contribution is 2.33. The minimum Gasteiger partial charge on any atom is -0.337 e. The lowest BCUT2D eigenvalue weighted by molar-refractivity contribution is 0.631. The van der Waals surface area contributed by atoms with Crippen molar-refractivity contribution in [1.29, 1.82) is 0 Å². The first-order chi connectivity index (χ1) is 18.1. The number of nitrogens with one attached hydrogen (secondary N) is 3. The molecule has 5 aromatic rings. The van der Waals surface area contributed by atoms with Gasteiger partial charge < -0.3 is 10.3 Å². The molecule has 5 rings (SSSR count). The molecule has 0 radical (unpaired) electrons. The molecule has 0 amide bonds. The molecule has 0 aliphatic heterocycles. The molecular formula is C30H29FN6. The molecule has 0 fully saturated rings. The van der Waals surface area contributed by atoms with Gasteiger partial charge >= 0.3 is 0 Å². The predicted octanol–water partition coefficient (Wildman–Crippen LogP) is 6.90. The molecule has 0 unspecified atom stereocenters. The molecule has 6 nitrogen and oxygen atoms in total. The number of para-hydroxylation sites is 1. The number of hydrogen-bond donors (Lipinski definition) is 3. The Morgan fingerprint density at radius 3 is 2.70 bits per heavy atom. The van der Waals surface area contributed by atoms with E-state index in [9.17, 15) is 4.39 Å². The van der Waals surface area contributed by atoms with E-state index < -0.39 is 0 Å². The molecule has 0 aliphatic carbocycles. The summed E-state index contributed by atoms with van der Waals surface area (Å²) in [5, 5.41) is 11.9. The van der Waals surface area contributed by atoms with Crippen molar-refractivity contribution in [2.45, 2.75) is 20.8 Å². The van der Waals surface area contributed by atoms with Crippen LogP contribution < -0.4 is 5.32 Å². The van der Waals surface area contributed by atoms with Gasteiger partial charge in [0.2, 0.25) is 0 Å². The van der Waals surface area contributed by atoms with E-state index >= 15 is 0 Å². The molecule has 2 aromatic heterocycles. The van der Waals surface area contributed by atoms with Crippen molar-refractivity contribution in [1.82, 2.24) is 25.5 Å². The number of aromatic amines is 2. The number of likely N-dealkylation sites (N-methyl/N-ethyl adjacent to an activating group) is 1. The van der Waals surface area contributed by atoms with Crippen molar-refractivity contribution in [2.24, 2.45) is 4.99 Å². The van der Waals surface area contributed by atoms with Crippen LogP contribution in [-0.2, 0) is 0 Å². The van der Waals surface area contributed by atoms with Gasteiger partial charge in [-0.3, -0.25) is 10.1 Å². The Labute approximate surface area is 215 Å². The van der Waals surface area contributed by atoms with Gasteiger partial charge in [0.25, 0.3) is 0 Å². The number of hydrogen-bond acceptors (Lipinski definition) is 4. The fourth-order valence-corrected chi connectivity index (χ4v) is 4.29. The number of imidazole rings is 1. The Bertz CT molecular complexity index is 1650. The zero-order chi connectivity index (χ0) is 25.8. The smallest absolute Gasteiger partial charge is 0.159 e. The monoisotopic (exact) mass is 492 g/mol. The van der Waals surface area contributed by atoms with E-state index in [0.717, 1.165) is 51.8 Å². The van der Waals surface area contributed by atoms with Crippen LogP contribution in [0.4, 0.5) is 4.39 Å². The highest BCUT2D eigenvalue weighted by Gasteiger charge is 2.16. The fourth-order valence-electron chi connectivity index (χ4n) is 4.29. The van der Waals surface area contributed by atoms with Gasteiger partial charge in [-0.15, -0.1) is 0 Å². The molecule has 0 atom stereocenters. The molecule has 3 aromatic carbocycles. The second kappa shape index (κ2) is 10.7. The Hall–Kier alpha value is -4.36. The van der Waals surface area contributed by atoms with Crippen LogP contribution >= 0.6 is 0 Å². The third-order valence-electron chi connectivity index (χ3n) is 6.38. The summed E-state index contributed by atoms with van der Waals surface area (Å²) in [6.07, 6.45) is 5.82. The lowest BCUT2D eigenvalue weighted by atomic mass is 10.0. The number of nitrogens with zero attached hydrogens (tertiary/aromatic N) is 3. The van der Waals surface area contributed by atoms with Gasteiger partial charge in [-0.2, -0.15) is 5.10 Å². The highest BCUT2D eigenvalue weighted by molar-refractivity contribution is 5.98. The molecular weight excluding hydrogens is 463 g/mol. The third-order valence-corrected chi connectivity index (χ3v) is 6.38. The van der Waals surface area contributed by atoms with Crippen LogP contribution in [0.15, 0.2) is 83.5 Å². The minimum absolute atomic E-state index is 0.275. The van der Waals surface area contributed by atoms with Gasteiger partial charge in [0.15, 0.2) is 5.82 Å². The molecule has 0 spiro atoms. The minimum atomic E-state index is -0.275. The zero-order valence-electron chi connectivity index (χ0n) is 21.1. The van der Waals surface area contributed by atoms with Gasteiger partial charge in [-0.05, 0) is 61.4 Å². The summed E-state index contributed by atoms with van der Waals surface area (Å²) >= 11 is 0. The number of benzene rings is 3. The van der Waals surface area contributed by atoms with Crippen LogP contribution in [0.2, 0.25) is 0 Å². The predicted molar refractivity (Wildman–Crippen MR) is 151 cm³/mol. The number of fused-ring (bicyclic) bond motifs is 2. The molecule has 0 saturated carbocycles. The normalized spacial score (nSPS) is 12.9. The maximum Gasteiger partial charge on any atom is 0.159 e. The molecule has 37 heavy (non-hydrogen) atoms. The maximum absolute atomic E-state index is 14.5. The first-order valence-corrected chi connectivity index (χ1v) is 12.4. The summed E-state index contributed by atoms with van der Waals surface area (Å²) in [5.74, 6) is 0.352. The standard InChI is InChI=1S/C30H29FN6/c1-4-20(17-32-5-2)18-33-16-19(3)21-13-14-26-24(15-21)29(37-36-26)30-34-27-12-8-10-23(28(27)35-30)22-9-6-7-11-25(22)31/h4,6-16,18,32H,5,17H2,1-3H3,(H,34,35)(H,36,37)/b19-16+,20-4-,33-18+. The molecule has 2 heterocycles. The van der Waals surface area contributed by atoms with Crippen molar-refractivity contribution >= 4 is 33.7 Å². The van der Waals surface area contributed by atoms with E-state index in [-0.39, 0.29) is 5.82 Å². The van der Waals surface area contributed by atoms with Crippen LogP contribution in [0, 0.1) is 5.82 Å². The second-order valence-electron chi connectivity index (χ2n) is 8.83. The summed E-state index contributed by atoms with van der Waals surface area (Å²) in [7, 11) is 0. The summed E-state index contributed by atoms with van der Waals surface area (Å²) in [4.78, 5) is 12.7. The van der Waals surface area contributed by atoms with Crippen molar-refractivity contribution in [2.75, 3.05) is 13.1 Å². The Kier molecular flexibility index (Phi) is 7.05. The number of aliphatic imine (C=N–C) groups is 1. The lowest BCUT2D eigenvalue weighted by Gasteiger charge is -2.03. The van der Waals surface area contributed by atoms with Gasteiger partial charge in [-0.25, -0.2) is 9.37 Å². The molecule has 0 bridgehead atoms. The number of aromatic nitrogens is 4. The fraction of sp³-hybridized carbons (Fsp3) is 0.167. The summed E-state index contributed by atoms with van der Waals surface area (Å²) in [6, 6.07) is 18.6. The third kappa shape index (κ3) is 4.99. The van der Waals surface area contributed by atoms with Crippen molar-refractivity contribution in [3.05, 3.63) is 89.9 Å². The second-order valence-corrected chi connectivity index (χ2v) is 8.83. The average Bonchev–Trinajstić information content (AvgIpc) is 3.54. The molecule has 3 N–H and O–H groups in total. The van der Waals surface area contributed by atoms with E-state index in [0.29, 0.717) is 22.6 Å². The van der Waals surface area contributed by atoms with Crippen molar-refractivity contribution < 1.29 is 4.39 Å². The zero-order valence-corrected chi connectivity index (χ0v) is 21.1. The van der Waals surface area contributed by atoms with Crippen molar-refractivity contribution in [3.8, 4) is 22.6 Å². The van der Waals surface area contributed by atoms with E-state index in [1.807, 2.05) is 56.6 Å². The molecule has 0 aliphatic rings. The van der Waals surface area contributed by atoms with Crippen LogP contribution in [0.3, 0.4) is 0 Å². The summed E-state index contributed by atoms with van der Waals surface area (Å²) in [5.41, 5.74) is 7.64. The molecule has 186 valence electrons. The van der Waals surface area contributed by atoms with E-state index in [1.54, 1.807) is 12.1 Å². The first kappa shape index (κ1) is 24.3. The lowest BCUT2D eigenvalue weighted by Crippen LogP contribution is -2.16. The highest BCUT2D eigenvalue weighted by atomic mass is 19.1. The Balaban J connectivity index is 1.50. The summed E-state index contributed by atoms with van der Waals surface area (Å²) < 4.78 is 14.5. The number of rotatable bonds is 8. The summed E-state index contributed by atoms with van der Waals surface area (Å²) in [6.45, 7) is 7.86. The van der Waals surface area contributed by atoms with Crippen molar-refractivity contribution in [3.63, 3.8) is 0 Å². The van der Waals surface area contributed by atoms with Gasteiger partial charge in [-0.1, -0.05) is 49.4 Å². The van der Waals surface area contributed by atoms with Crippen LogP contribution in [-0.4, -0.2) is 39.5 Å². The van der Waals surface area contributed by atoms with E-state index in [4.69, 9.17) is 4.98 Å².